The van der Waals surface area contributed by atoms with Crippen molar-refractivity contribution in [2.75, 3.05) is 26.2 Å². The topological polar surface area (TPSA) is 48.1 Å². The number of unbranched alkanes of at least 4 members (excludes halogenated alkanes) is 60. The van der Waals surface area contributed by atoms with Crippen molar-refractivity contribution in [1.82, 2.24) is 21.3 Å². The Hall–Kier alpha value is 1.13. The first-order chi connectivity index (χ1) is 55.2. The SMILES string of the molecule is S=C([S-])NCCCCCCCCCCCCCCCCCCC1CCCCC1.S=C([S-])NCCCCCCCCCCCCCCCCCCC1CCCCC1.S=C([S-])NCCCCCCCCCCCCCCCCCCC1CCCCC1.S=C([S-])NCCCCCCCCCCCCCCCCCCC1CCCCC1.[Mo+4]. The fourth-order valence-electron chi connectivity index (χ4n) is 18.8. The average molecular weight is 1800 g/mol. The first kappa shape index (κ1) is 114. The molecule has 0 atom stereocenters. The van der Waals surface area contributed by atoms with Gasteiger partial charge in [0.05, 0.1) is 0 Å². The van der Waals surface area contributed by atoms with Gasteiger partial charge in [-0.15, -0.1) is 0 Å². The van der Waals surface area contributed by atoms with E-state index in [9.17, 15) is 0 Å². The van der Waals surface area contributed by atoms with Crippen LogP contribution in [-0.2, 0) is 71.6 Å². The van der Waals surface area contributed by atoms with Gasteiger partial charge in [0.15, 0.2) is 0 Å². The quantitative estimate of drug-likeness (QED) is 0.0203. The van der Waals surface area contributed by atoms with Gasteiger partial charge < -0.3 is 121 Å². The number of nitrogens with one attached hydrogen (secondary N) is 4. The molecule has 0 unspecified atom stereocenters. The van der Waals surface area contributed by atoms with Crippen LogP contribution in [0.2, 0.25) is 0 Å². The van der Waals surface area contributed by atoms with Gasteiger partial charge in [-0.2, -0.15) is 0 Å². The van der Waals surface area contributed by atoms with Crippen LogP contribution in [0.1, 0.15) is 565 Å². The second-order valence-corrected chi connectivity index (χ2v) is 41.0. The van der Waals surface area contributed by atoms with Gasteiger partial charge in [0.2, 0.25) is 0 Å². The molecule has 4 nitrogen and oxygen atoms in total. The van der Waals surface area contributed by atoms with E-state index in [4.69, 9.17) is 99.4 Å². The summed E-state index contributed by atoms with van der Waals surface area (Å²) in [5, 5.41) is 12.2. The Kier molecular flexibility index (Phi) is 97.9. The van der Waals surface area contributed by atoms with E-state index in [0.29, 0.717) is 17.3 Å². The van der Waals surface area contributed by atoms with Crippen LogP contribution in [0.4, 0.5) is 0 Å². The molecule has 4 N–H and O–H groups in total. The Morgan fingerprint density at radius 3 is 0.363 bits per heavy atom. The van der Waals surface area contributed by atoms with Crippen molar-refractivity contribution in [3.63, 3.8) is 0 Å². The molecule has 4 aliphatic carbocycles. The Labute approximate surface area is 767 Å². The van der Waals surface area contributed by atoms with Gasteiger partial charge in [0.1, 0.15) is 0 Å². The van der Waals surface area contributed by atoms with Crippen LogP contribution >= 0.6 is 48.9 Å². The first-order valence-electron chi connectivity index (χ1n) is 50.9. The molecule has 4 saturated carbocycles. The van der Waals surface area contributed by atoms with Gasteiger partial charge >= 0.3 is 21.1 Å². The van der Waals surface area contributed by atoms with Crippen molar-refractivity contribution in [2.24, 2.45) is 23.7 Å². The molecule has 13 heteroatoms. The van der Waals surface area contributed by atoms with Crippen molar-refractivity contribution in [3.8, 4) is 0 Å². The summed E-state index contributed by atoms with van der Waals surface area (Å²) in [5.74, 6) is 4.36. The summed E-state index contributed by atoms with van der Waals surface area (Å²) in [4.78, 5) is 0. The zero-order valence-corrected chi connectivity index (χ0v) is 83.6. The third kappa shape index (κ3) is 95.2. The van der Waals surface area contributed by atoms with E-state index in [-0.39, 0.29) is 21.1 Å². The summed E-state index contributed by atoms with van der Waals surface area (Å²) < 4.78 is 2.07. The first-order valence-corrected chi connectivity index (χ1v) is 54.2. The van der Waals surface area contributed by atoms with Crippen LogP contribution in [0.15, 0.2) is 0 Å². The van der Waals surface area contributed by atoms with Crippen LogP contribution in [0.5, 0.6) is 0 Å². The minimum absolute atomic E-state index is 0. The van der Waals surface area contributed by atoms with Gasteiger partial charge in [-0.05, 0) is 49.4 Å². The minimum Gasteiger partial charge on any atom is -0.412 e. The normalized spacial score (nSPS) is 14.9. The molecule has 0 radical (unpaired) electrons. The van der Waals surface area contributed by atoms with Gasteiger partial charge in [-0.1, -0.05) is 557 Å². The van der Waals surface area contributed by atoms with Crippen molar-refractivity contribution in [3.05, 3.63) is 0 Å². The second-order valence-electron chi connectivity index (χ2n) is 36.7. The standard InChI is InChI=1S/4C25H49NS2.Mo/c4*27-25(28)26-23-19-14-12-10-8-6-4-2-1-3-5-7-9-11-13-16-20-24-21-17-15-18-22-24;/h4*24H,1-23H2,(H2,26,27,28);/q;;;;+4/p-4. The van der Waals surface area contributed by atoms with Crippen LogP contribution in [-0.4, -0.2) is 43.5 Å². The summed E-state index contributed by atoms with van der Waals surface area (Å²) >= 11 is 38.7. The molecule has 0 bridgehead atoms. The predicted molar refractivity (Wildman–Crippen MR) is 532 cm³/mol. The van der Waals surface area contributed by atoms with Crippen LogP contribution in [0.25, 0.3) is 0 Å². The molecule has 0 heterocycles. The zero-order valence-electron chi connectivity index (χ0n) is 75.0. The molecule has 4 aliphatic rings. The number of hydrogen-bond acceptors (Lipinski definition) is 8. The van der Waals surface area contributed by atoms with E-state index < -0.39 is 0 Å². The molecule has 0 aromatic rings. The molecular formula is C100H192MoN4S8. The third-order valence-electron chi connectivity index (χ3n) is 26.1. The molecule has 0 aromatic carbocycles. The van der Waals surface area contributed by atoms with Crippen LogP contribution in [0.3, 0.4) is 0 Å². The molecule has 0 aromatic heterocycles. The Balaban J connectivity index is 0.00000148. The van der Waals surface area contributed by atoms with Crippen molar-refractivity contribution in [2.45, 2.75) is 565 Å². The molecule has 0 aliphatic heterocycles. The summed E-state index contributed by atoms with van der Waals surface area (Å²) in [6.07, 6.45) is 128. The average Bonchev–Trinajstić information content (AvgIpc) is 1.07. The Morgan fingerprint density at radius 2 is 0.257 bits per heavy atom. The monoisotopic (exact) mass is 1800 g/mol. The molecule has 4 rings (SSSR count). The number of hydrogen-bond donors (Lipinski definition) is 4. The Bertz CT molecular complexity index is 1630. The van der Waals surface area contributed by atoms with E-state index >= 15 is 0 Å². The van der Waals surface area contributed by atoms with Gasteiger partial charge in [0, 0.05) is 26.2 Å². The van der Waals surface area contributed by atoms with Crippen LogP contribution < -0.4 is 21.3 Å². The molecule has 0 saturated heterocycles. The van der Waals surface area contributed by atoms with E-state index in [1.165, 1.54) is 565 Å². The number of rotatable bonds is 76. The largest absolute Gasteiger partial charge is 4.00 e. The molecule has 0 amide bonds. The molecule has 666 valence electrons. The van der Waals surface area contributed by atoms with Gasteiger partial charge in [-0.25, -0.2) is 0 Å². The smallest absolute Gasteiger partial charge is 0.412 e. The summed E-state index contributed by atoms with van der Waals surface area (Å²) in [6, 6.07) is 0. The van der Waals surface area contributed by atoms with E-state index in [0.717, 1.165) is 49.9 Å². The zero-order chi connectivity index (χ0) is 80.5. The summed E-state index contributed by atoms with van der Waals surface area (Å²) in [7, 11) is 0. The predicted octanol–water partition coefficient (Wildman–Crippen LogP) is 34.5. The molecular weight excluding hydrogens is 1610 g/mol. The molecule has 113 heavy (non-hydrogen) atoms. The minimum atomic E-state index is 0. The maximum atomic E-state index is 4.83. The van der Waals surface area contributed by atoms with Crippen molar-refractivity contribution < 1.29 is 21.1 Å². The second kappa shape index (κ2) is 96.9. The van der Waals surface area contributed by atoms with Gasteiger partial charge in [0.25, 0.3) is 0 Å². The maximum Gasteiger partial charge on any atom is 4.00 e. The van der Waals surface area contributed by atoms with Gasteiger partial charge in [-0.3, -0.25) is 0 Å². The van der Waals surface area contributed by atoms with E-state index in [1.54, 1.807) is 0 Å². The van der Waals surface area contributed by atoms with E-state index in [1.807, 2.05) is 0 Å². The Morgan fingerprint density at radius 1 is 0.159 bits per heavy atom. The van der Waals surface area contributed by atoms with E-state index in [2.05, 4.69) is 21.3 Å². The fraction of sp³-hybridized carbons (Fsp3) is 0.960. The maximum absolute atomic E-state index is 4.83. The molecule has 4 fully saturated rings. The molecule has 0 spiro atoms. The fourth-order valence-corrected chi connectivity index (χ4v) is 19.6. The summed E-state index contributed by atoms with van der Waals surface area (Å²) in [6.45, 7) is 3.84. The summed E-state index contributed by atoms with van der Waals surface area (Å²) in [5.41, 5.74) is 0. The number of thiocarbonyl (C=S) groups is 4. The third-order valence-corrected chi connectivity index (χ3v) is 27.3. The van der Waals surface area contributed by atoms with Crippen LogP contribution in [0, 0.1) is 23.7 Å². The van der Waals surface area contributed by atoms with Crippen molar-refractivity contribution >= 4 is 117 Å². The van der Waals surface area contributed by atoms with Crippen molar-refractivity contribution in [1.29, 1.82) is 0 Å².